The summed E-state index contributed by atoms with van der Waals surface area (Å²) in [5.74, 6) is -1.84. The van der Waals surface area contributed by atoms with Crippen LogP contribution in [0.2, 0.25) is 0 Å². The molecule has 1 saturated heterocycles. The molecule has 120 valence electrons. The average Bonchev–Trinajstić information content (AvgIpc) is 3.04. The first-order chi connectivity index (χ1) is 11.1. The zero-order chi connectivity index (χ0) is 16.4. The van der Waals surface area contributed by atoms with Gasteiger partial charge in [0.25, 0.3) is 5.91 Å². The summed E-state index contributed by atoms with van der Waals surface area (Å²) in [6.45, 7) is 0.388. The largest absolute Gasteiger partial charge is 0.480 e. The number of hydrogen-bond acceptors (Lipinski definition) is 4. The summed E-state index contributed by atoms with van der Waals surface area (Å²) in [5.41, 5.74) is 0.633. The Kier molecular flexibility index (Phi) is 4.05. The third-order valence-electron chi connectivity index (χ3n) is 3.85. The minimum absolute atomic E-state index is 0.0717. The van der Waals surface area contributed by atoms with Gasteiger partial charge >= 0.3 is 5.97 Å². The quantitative estimate of drug-likeness (QED) is 0.926. The van der Waals surface area contributed by atoms with Crippen LogP contribution in [0.5, 0.6) is 0 Å². The molecule has 0 saturated carbocycles. The number of nitrogens with zero attached hydrogens (tertiary/aromatic N) is 4. The van der Waals surface area contributed by atoms with Gasteiger partial charge in [0.15, 0.2) is 5.69 Å². The number of halogens is 1. The van der Waals surface area contributed by atoms with Gasteiger partial charge in [0.1, 0.15) is 11.9 Å². The van der Waals surface area contributed by atoms with E-state index in [0.29, 0.717) is 18.7 Å². The lowest BCUT2D eigenvalue weighted by molar-refractivity contribution is -0.143. The van der Waals surface area contributed by atoms with Crippen LogP contribution in [0.3, 0.4) is 0 Å². The Morgan fingerprint density at radius 3 is 2.65 bits per heavy atom. The summed E-state index contributed by atoms with van der Waals surface area (Å²) in [7, 11) is 0. The van der Waals surface area contributed by atoms with Crippen LogP contribution >= 0.6 is 0 Å². The zero-order valence-electron chi connectivity index (χ0n) is 12.2. The van der Waals surface area contributed by atoms with Crippen LogP contribution in [-0.4, -0.2) is 49.5 Å². The van der Waals surface area contributed by atoms with Gasteiger partial charge in [-0.25, -0.2) is 13.9 Å². The Balaban J connectivity index is 1.83. The highest BCUT2D eigenvalue weighted by Gasteiger charge is 2.33. The minimum atomic E-state index is -1.01. The maximum absolute atomic E-state index is 12.9. The number of aromatic nitrogens is 3. The van der Waals surface area contributed by atoms with E-state index in [9.17, 15) is 19.1 Å². The molecule has 0 aliphatic carbocycles. The fourth-order valence-electron chi connectivity index (χ4n) is 2.66. The Morgan fingerprint density at radius 2 is 1.96 bits per heavy atom. The van der Waals surface area contributed by atoms with Crippen LogP contribution in [0.1, 0.15) is 29.8 Å². The van der Waals surface area contributed by atoms with E-state index in [1.165, 1.54) is 40.0 Å². The minimum Gasteiger partial charge on any atom is -0.480 e. The van der Waals surface area contributed by atoms with Crippen LogP contribution in [0.15, 0.2) is 30.5 Å². The molecule has 1 fully saturated rings. The second-order valence-corrected chi connectivity index (χ2v) is 5.37. The molecule has 7 nitrogen and oxygen atoms in total. The van der Waals surface area contributed by atoms with E-state index in [2.05, 4.69) is 10.3 Å². The van der Waals surface area contributed by atoms with Crippen LogP contribution < -0.4 is 0 Å². The number of piperidine rings is 1. The van der Waals surface area contributed by atoms with Crippen molar-refractivity contribution in [3.05, 3.63) is 42.0 Å². The SMILES string of the molecule is O=C(O)[C@@H]1CCCCN1C(=O)c1cn(-c2ccc(F)cc2)nn1. The van der Waals surface area contributed by atoms with E-state index < -0.39 is 17.9 Å². The van der Waals surface area contributed by atoms with Gasteiger partial charge in [0.2, 0.25) is 0 Å². The molecule has 1 amide bonds. The monoisotopic (exact) mass is 318 g/mol. The predicted molar refractivity (Wildman–Crippen MR) is 77.6 cm³/mol. The predicted octanol–water partition coefficient (Wildman–Crippen LogP) is 1.49. The molecule has 1 aromatic heterocycles. The van der Waals surface area contributed by atoms with Gasteiger partial charge < -0.3 is 10.0 Å². The number of carbonyl (C=O) groups excluding carboxylic acids is 1. The third-order valence-corrected chi connectivity index (χ3v) is 3.85. The molecular weight excluding hydrogens is 303 g/mol. The number of hydrogen-bond donors (Lipinski definition) is 1. The number of aliphatic carboxylic acids is 1. The lowest BCUT2D eigenvalue weighted by Gasteiger charge is -2.32. The lowest BCUT2D eigenvalue weighted by atomic mass is 10.0. The van der Waals surface area contributed by atoms with Crippen molar-refractivity contribution in [2.24, 2.45) is 0 Å². The van der Waals surface area contributed by atoms with E-state index in [1.54, 1.807) is 0 Å². The first-order valence-electron chi connectivity index (χ1n) is 7.28. The highest BCUT2D eigenvalue weighted by Crippen LogP contribution is 2.19. The molecule has 23 heavy (non-hydrogen) atoms. The van der Waals surface area contributed by atoms with Crippen molar-refractivity contribution in [3.8, 4) is 5.69 Å². The zero-order valence-corrected chi connectivity index (χ0v) is 12.2. The van der Waals surface area contributed by atoms with Crippen LogP contribution in [0, 0.1) is 5.82 Å². The molecule has 8 heteroatoms. The molecule has 0 unspecified atom stereocenters. The Morgan fingerprint density at radius 1 is 1.22 bits per heavy atom. The summed E-state index contributed by atoms with van der Waals surface area (Å²) in [5, 5.41) is 16.9. The van der Waals surface area contributed by atoms with Gasteiger partial charge in [-0.05, 0) is 43.5 Å². The van der Waals surface area contributed by atoms with E-state index >= 15 is 0 Å². The van der Waals surface area contributed by atoms with Gasteiger partial charge in [0.05, 0.1) is 11.9 Å². The first kappa shape index (κ1) is 15.1. The Labute approximate surface area is 131 Å². The molecule has 2 heterocycles. The van der Waals surface area contributed by atoms with Gasteiger partial charge in [-0.3, -0.25) is 4.79 Å². The molecule has 1 N–H and O–H groups in total. The lowest BCUT2D eigenvalue weighted by Crippen LogP contribution is -2.48. The number of carboxylic acid groups (broad SMARTS) is 1. The highest BCUT2D eigenvalue weighted by molar-refractivity contribution is 5.94. The van der Waals surface area contributed by atoms with Gasteiger partial charge in [0, 0.05) is 6.54 Å². The van der Waals surface area contributed by atoms with Crippen molar-refractivity contribution in [2.45, 2.75) is 25.3 Å². The maximum atomic E-state index is 12.9. The number of likely N-dealkylation sites (tertiary alicyclic amines) is 1. The molecular formula is C15H15FN4O3. The molecule has 1 aliphatic rings. The van der Waals surface area contributed by atoms with E-state index in [-0.39, 0.29) is 11.5 Å². The number of benzene rings is 1. The van der Waals surface area contributed by atoms with Crippen molar-refractivity contribution in [1.82, 2.24) is 19.9 Å². The normalized spacial score (nSPS) is 18.0. The van der Waals surface area contributed by atoms with Crippen molar-refractivity contribution in [1.29, 1.82) is 0 Å². The standard InChI is InChI=1S/C15H15FN4O3/c16-10-4-6-11(7-5-10)20-9-12(17-18-20)14(21)19-8-2-1-3-13(19)15(22)23/h4-7,9,13H,1-3,8H2,(H,22,23)/t13-/m0/s1. The Hall–Kier alpha value is -2.77. The maximum Gasteiger partial charge on any atom is 0.326 e. The fraction of sp³-hybridized carbons (Fsp3) is 0.333. The summed E-state index contributed by atoms with van der Waals surface area (Å²) in [6.07, 6.45) is 3.40. The van der Waals surface area contributed by atoms with Crippen LogP contribution in [0.4, 0.5) is 4.39 Å². The van der Waals surface area contributed by atoms with E-state index in [0.717, 1.165) is 12.8 Å². The summed E-state index contributed by atoms with van der Waals surface area (Å²) in [4.78, 5) is 25.1. The number of carboxylic acids is 1. The molecule has 1 aliphatic heterocycles. The molecule has 1 aromatic carbocycles. The number of amides is 1. The second kappa shape index (κ2) is 6.15. The average molecular weight is 318 g/mol. The second-order valence-electron chi connectivity index (χ2n) is 5.37. The van der Waals surface area contributed by atoms with Gasteiger partial charge in [-0.1, -0.05) is 5.21 Å². The fourth-order valence-corrected chi connectivity index (χ4v) is 2.66. The van der Waals surface area contributed by atoms with Crippen LogP contribution in [-0.2, 0) is 4.79 Å². The van der Waals surface area contributed by atoms with Crippen molar-refractivity contribution >= 4 is 11.9 Å². The van der Waals surface area contributed by atoms with Gasteiger partial charge in [-0.15, -0.1) is 5.10 Å². The first-order valence-corrected chi connectivity index (χ1v) is 7.28. The third kappa shape index (κ3) is 3.05. The number of rotatable bonds is 3. The molecule has 0 spiro atoms. The summed E-state index contributed by atoms with van der Waals surface area (Å²) < 4.78 is 14.3. The summed E-state index contributed by atoms with van der Waals surface area (Å²) >= 11 is 0. The van der Waals surface area contributed by atoms with Crippen molar-refractivity contribution in [3.63, 3.8) is 0 Å². The molecule has 0 bridgehead atoms. The Bertz CT molecular complexity index is 729. The smallest absolute Gasteiger partial charge is 0.326 e. The highest BCUT2D eigenvalue weighted by atomic mass is 19.1. The van der Waals surface area contributed by atoms with E-state index in [1.807, 2.05) is 0 Å². The molecule has 2 aromatic rings. The molecule has 3 rings (SSSR count). The van der Waals surface area contributed by atoms with Crippen LogP contribution in [0.25, 0.3) is 5.69 Å². The molecule has 0 radical (unpaired) electrons. The van der Waals surface area contributed by atoms with Crippen molar-refractivity contribution < 1.29 is 19.1 Å². The topological polar surface area (TPSA) is 88.3 Å². The van der Waals surface area contributed by atoms with E-state index in [4.69, 9.17) is 0 Å². The number of carbonyl (C=O) groups is 2. The van der Waals surface area contributed by atoms with Crippen molar-refractivity contribution in [2.75, 3.05) is 6.54 Å². The summed E-state index contributed by atoms with van der Waals surface area (Å²) in [6, 6.07) is 4.76. The van der Waals surface area contributed by atoms with Gasteiger partial charge in [-0.2, -0.15) is 0 Å². The molecule has 1 atom stereocenters.